The van der Waals surface area contributed by atoms with Gasteiger partial charge in [0.25, 0.3) is 0 Å². The predicted octanol–water partition coefficient (Wildman–Crippen LogP) is 1.48. The van der Waals surface area contributed by atoms with Crippen molar-refractivity contribution in [1.82, 2.24) is 10.2 Å². The second-order valence-corrected chi connectivity index (χ2v) is 6.43. The molecule has 1 heterocycles. The summed E-state index contributed by atoms with van der Waals surface area (Å²) < 4.78 is 0. The number of rotatable bonds is 3. The van der Waals surface area contributed by atoms with E-state index in [0.29, 0.717) is 23.7 Å². The molecule has 0 radical (unpaired) electrons. The van der Waals surface area contributed by atoms with Crippen molar-refractivity contribution in [3.63, 3.8) is 0 Å². The minimum Gasteiger partial charge on any atom is -0.340 e. The third-order valence-electron chi connectivity index (χ3n) is 3.49. The van der Waals surface area contributed by atoms with Gasteiger partial charge in [-0.2, -0.15) is 11.8 Å². The Kier molecular flexibility index (Phi) is 4.53. The molecule has 3 nitrogen and oxygen atoms in total. The summed E-state index contributed by atoms with van der Waals surface area (Å²) >= 11 is 1.97. The zero-order valence-electron chi connectivity index (χ0n) is 10.1. The Balaban J connectivity index is 1.70. The molecular weight excluding hydrogens is 220 g/mol. The fourth-order valence-corrected chi connectivity index (χ4v) is 3.53. The minimum atomic E-state index is 0.291. The van der Waals surface area contributed by atoms with Gasteiger partial charge in [-0.25, -0.2) is 0 Å². The first-order valence-electron chi connectivity index (χ1n) is 6.38. The summed E-state index contributed by atoms with van der Waals surface area (Å²) in [6, 6.07) is 0.598. The Labute approximate surface area is 102 Å². The summed E-state index contributed by atoms with van der Waals surface area (Å²) in [6.07, 6.45) is 5.14. The van der Waals surface area contributed by atoms with Gasteiger partial charge in [-0.1, -0.05) is 19.8 Å². The van der Waals surface area contributed by atoms with Crippen molar-refractivity contribution in [2.24, 2.45) is 0 Å². The van der Waals surface area contributed by atoms with Gasteiger partial charge in [-0.05, 0) is 12.8 Å². The van der Waals surface area contributed by atoms with E-state index in [-0.39, 0.29) is 0 Å². The number of hydrogen-bond acceptors (Lipinski definition) is 3. The Morgan fingerprint density at radius 1 is 1.44 bits per heavy atom. The summed E-state index contributed by atoms with van der Waals surface area (Å²) in [5.74, 6) is 1.38. The van der Waals surface area contributed by atoms with Crippen molar-refractivity contribution in [1.29, 1.82) is 0 Å². The van der Waals surface area contributed by atoms with Crippen LogP contribution in [0.2, 0.25) is 0 Å². The van der Waals surface area contributed by atoms with E-state index in [9.17, 15) is 4.79 Å². The topological polar surface area (TPSA) is 32.3 Å². The number of thioether (sulfide) groups is 1. The molecule has 0 aromatic heterocycles. The third-order valence-corrected chi connectivity index (χ3v) is 4.63. The minimum absolute atomic E-state index is 0.291. The molecule has 0 aromatic rings. The zero-order valence-corrected chi connectivity index (χ0v) is 10.9. The van der Waals surface area contributed by atoms with E-state index in [1.165, 1.54) is 25.7 Å². The molecule has 1 aliphatic carbocycles. The van der Waals surface area contributed by atoms with Crippen LogP contribution < -0.4 is 5.32 Å². The Hall–Kier alpha value is -0.220. The lowest BCUT2D eigenvalue weighted by Crippen LogP contribution is -2.46. The fraction of sp³-hybridized carbons (Fsp3) is 0.917. The largest absolute Gasteiger partial charge is 0.340 e. The fourth-order valence-electron chi connectivity index (χ4n) is 2.52. The molecule has 2 rings (SSSR count). The van der Waals surface area contributed by atoms with Crippen LogP contribution in [-0.4, -0.2) is 47.5 Å². The highest BCUT2D eigenvalue weighted by Crippen LogP contribution is 2.19. The van der Waals surface area contributed by atoms with Gasteiger partial charge in [-0.3, -0.25) is 4.79 Å². The number of amides is 1. The van der Waals surface area contributed by atoms with E-state index < -0.39 is 0 Å². The maximum Gasteiger partial charge on any atom is 0.236 e. The van der Waals surface area contributed by atoms with Gasteiger partial charge >= 0.3 is 0 Å². The quantitative estimate of drug-likeness (QED) is 0.813. The first kappa shape index (κ1) is 12.2. The van der Waals surface area contributed by atoms with Crippen molar-refractivity contribution in [3.8, 4) is 0 Å². The van der Waals surface area contributed by atoms with E-state index in [4.69, 9.17) is 0 Å². The zero-order chi connectivity index (χ0) is 11.4. The summed E-state index contributed by atoms with van der Waals surface area (Å²) in [6.45, 7) is 4.60. The number of hydrogen-bond donors (Lipinski definition) is 1. The average Bonchev–Trinajstić information content (AvgIpc) is 2.78. The molecule has 1 saturated carbocycles. The molecule has 0 bridgehead atoms. The SMILES string of the molecule is CC1CN(C(=O)CNC2CCCC2)CCS1. The van der Waals surface area contributed by atoms with Crippen LogP contribution >= 0.6 is 11.8 Å². The normalized spacial score (nSPS) is 27.3. The maximum absolute atomic E-state index is 12.0. The van der Waals surface area contributed by atoms with Crippen molar-refractivity contribution >= 4 is 17.7 Å². The van der Waals surface area contributed by atoms with Crippen LogP contribution in [0.5, 0.6) is 0 Å². The molecule has 1 aliphatic heterocycles. The van der Waals surface area contributed by atoms with Crippen LogP contribution in [0.4, 0.5) is 0 Å². The molecule has 2 fully saturated rings. The van der Waals surface area contributed by atoms with Gasteiger partial charge in [0, 0.05) is 30.1 Å². The van der Waals surface area contributed by atoms with Crippen molar-refractivity contribution in [2.75, 3.05) is 25.4 Å². The van der Waals surface area contributed by atoms with Crippen molar-refractivity contribution < 1.29 is 4.79 Å². The monoisotopic (exact) mass is 242 g/mol. The molecule has 4 heteroatoms. The summed E-state index contributed by atoms with van der Waals surface area (Å²) in [5.41, 5.74) is 0. The van der Waals surface area contributed by atoms with E-state index in [1.54, 1.807) is 0 Å². The second-order valence-electron chi connectivity index (χ2n) is 4.88. The molecule has 2 aliphatic rings. The van der Waals surface area contributed by atoms with Crippen LogP contribution in [0, 0.1) is 0 Å². The van der Waals surface area contributed by atoms with Crippen LogP contribution in [0.1, 0.15) is 32.6 Å². The van der Waals surface area contributed by atoms with E-state index in [0.717, 1.165) is 18.8 Å². The molecule has 1 N–H and O–H groups in total. The Morgan fingerprint density at radius 3 is 2.88 bits per heavy atom. The van der Waals surface area contributed by atoms with Crippen LogP contribution in [0.25, 0.3) is 0 Å². The highest BCUT2D eigenvalue weighted by molar-refractivity contribution is 7.99. The highest BCUT2D eigenvalue weighted by Gasteiger charge is 2.22. The van der Waals surface area contributed by atoms with Gasteiger partial charge in [-0.15, -0.1) is 0 Å². The lowest BCUT2D eigenvalue weighted by molar-refractivity contribution is -0.130. The van der Waals surface area contributed by atoms with Crippen LogP contribution in [0.15, 0.2) is 0 Å². The maximum atomic E-state index is 12.0. The molecule has 16 heavy (non-hydrogen) atoms. The number of nitrogens with zero attached hydrogens (tertiary/aromatic N) is 1. The summed E-state index contributed by atoms with van der Waals surface area (Å²) in [4.78, 5) is 14.0. The van der Waals surface area contributed by atoms with Gasteiger partial charge < -0.3 is 10.2 Å². The second kappa shape index (κ2) is 5.92. The predicted molar refractivity (Wildman–Crippen MR) is 68.8 cm³/mol. The van der Waals surface area contributed by atoms with Gasteiger partial charge in [0.15, 0.2) is 0 Å². The van der Waals surface area contributed by atoms with E-state index in [2.05, 4.69) is 12.2 Å². The Morgan fingerprint density at radius 2 is 2.19 bits per heavy atom. The van der Waals surface area contributed by atoms with E-state index in [1.807, 2.05) is 16.7 Å². The lowest BCUT2D eigenvalue weighted by Gasteiger charge is -2.31. The van der Waals surface area contributed by atoms with Gasteiger partial charge in [0.1, 0.15) is 0 Å². The third kappa shape index (κ3) is 3.39. The Bertz CT molecular complexity index is 241. The van der Waals surface area contributed by atoms with Crippen LogP contribution in [0.3, 0.4) is 0 Å². The van der Waals surface area contributed by atoms with Gasteiger partial charge in [0.2, 0.25) is 5.91 Å². The summed E-state index contributed by atoms with van der Waals surface area (Å²) in [7, 11) is 0. The number of carbonyl (C=O) groups is 1. The summed E-state index contributed by atoms with van der Waals surface area (Å²) in [5, 5.41) is 4.00. The van der Waals surface area contributed by atoms with Crippen molar-refractivity contribution in [2.45, 2.75) is 43.9 Å². The smallest absolute Gasteiger partial charge is 0.236 e. The van der Waals surface area contributed by atoms with Crippen molar-refractivity contribution in [3.05, 3.63) is 0 Å². The number of carbonyl (C=O) groups excluding carboxylic acids is 1. The molecule has 1 unspecified atom stereocenters. The molecule has 1 amide bonds. The molecule has 1 saturated heterocycles. The molecule has 1 atom stereocenters. The van der Waals surface area contributed by atoms with Crippen LogP contribution in [-0.2, 0) is 4.79 Å². The number of nitrogens with one attached hydrogen (secondary N) is 1. The molecule has 0 aromatic carbocycles. The first-order chi connectivity index (χ1) is 7.75. The first-order valence-corrected chi connectivity index (χ1v) is 7.43. The van der Waals surface area contributed by atoms with Gasteiger partial charge in [0.05, 0.1) is 6.54 Å². The standard InChI is InChI=1S/C12H22N2OS/c1-10-9-14(6-7-16-10)12(15)8-13-11-4-2-3-5-11/h10-11,13H,2-9H2,1H3. The average molecular weight is 242 g/mol. The lowest BCUT2D eigenvalue weighted by atomic mass is 10.2. The molecule has 92 valence electrons. The highest BCUT2D eigenvalue weighted by atomic mass is 32.2. The van der Waals surface area contributed by atoms with E-state index >= 15 is 0 Å². The molecule has 0 spiro atoms. The molecular formula is C12H22N2OS.